The van der Waals surface area contributed by atoms with E-state index in [1.54, 1.807) is 24.1 Å². The topological polar surface area (TPSA) is 76.4 Å². The third-order valence-corrected chi connectivity index (χ3v) is 4.80. The predicted octanol–water partition coefficient (Wildman–Crippen LogP) is 4.24. The first-order chi connectivity index (χ1) is 14.6. The van der Waals surface area contributed by atoms with Crippen molar-refractivity contribution < 1.29 is 4.74 Å². The molecule has 7 nitrogen and oxygen atoms in total. The van der Waals surface area contributed by atoms with E-state index in [2.05, 4.69) is 64.7 Å². The second-order valence-electron chi connectivity index (χ2n) is 7.20. The second-order valence-corrected chi connectivity index (χ2v) is 7.20. The molecule has 0 spiro atoms. The fourth-order valence-corrected chi connectivity index (χ4v) is 2.90. The van der Waals surface area contributed by atoms with Gasteiger partial charge in [-0.05, 0) is 55.7 Å². The minimum Gasteiger partial charge on any atom is -0.490 e. The summed E-state index contributed by atoms with van der Waals surface area (Å²) in [5.74, 6) is 2.43. The summed E-state index contributed by atoms with van der Waals surface area (Å²) in [6.45, 7) is 7.54. The number of nitrogens with zero attached hydrogens (tertiary/aromatic N) is 4. The molecule has 0 radical (unpaired) electrons. The largest absolute Gasteiger partial charge is 0.490 e. The van der Waals surface area contributed by atoms with Crippen LogP contribution in [0.15, 0.2) is 60.0 Å². The van der Waals surface area contributed by atoms with Crippen molar-refractivity contribution in [2.45, 2.75) is 46.4 Å². The zero-order valence-corrected chi connectivity index (χ0v) is 20.8. The molecule has 0 bridgehead atoms. The Bertz CT molecular complexity index is 974. The maximum absolute atomic E-state index is 6.10. The summed E-state index contributed by atoms with van der Waals surface area (Å²) < 4.78 is 7.85. The molecule has 0 saturated heterocycles. The van der Waals surface area contributed by atoms with Gasteiger partial charge in [0.05, 0.1) is 6.10 Å². The number of halogens is 1. The molecule has 3 aromatic rings. The van der Waals surface area contributed by atoms with Crippen molar-refractivity contribution in [3.63, 3.8) is 0 Å². The number of ether oxygens (including phenoxy) is 1. The molecular formula is C23H31IN6O. The van der Waals surface area contributed by atoms with E-state index in [0.29, 0.717) is 13.1 Å². The average Bonchev–Trinajstić information content (AvgIpc) is 3.30. The Morgan fingerprint density at radius 1 is 1.16 bits per heavy atom. The lowest BCUT2D eigenvalue weighted by atomic mass is 10.1. The molecule has 166 valence electrons. The van der Waals surface area contributed by atoms with Crippen LogP contribution in [0.4, 0.5) is 0 Å². The molecule has 0 saturated carbocycles. The number of hydrogen-bond acceptors (Lipinski definition) is 4. The normalized spacial score (nSPS) is 12.1. The number of rotatable bonds is 8. The van der Waals surface area contributed by atoms with Crippen LogP contribution >= 0.6 is 24.0 Å². The van der Waals surface area contributed by atoms with Gasteiger partial charge in [-0.25, -0.2) is 9.67 Å². The number of aromatic nitrogens is 3. The quantitative estimate of drug-likeness (QED) is 0.257. The Labute approximate surface area is 201 Å². The molecule has 2 aromatic heterocycles. The molecule has 0 aliphatic rings. The first-order valence-electron chi connectivity index (χ1n) is 10.2. The highest BCUT2D eigenvalue weighted by atomic mass is 127. The number of guanidine groups is 1. The lowest BCUT2D eigenvalue weighted by Crippen LogP contribution is -2.36. The highest BCUT2D eigenvalue weighted by Crippen LogP contribution is 2.22. The van der Waals surface area contributed by atoms with E-state index in [-0.39, 0.29) is 30.1 Å². The lowest BCUT2D eigenvalue weighted by molar-refractivity contribution is 0.215. The Hall–Kier alpha value is -2.62. The van der Waals surface area contributed by atoms with E-state index in [9.17, 15) is 0 Å². The van der Waals surface area contributed by atoms with Gasteiger partial charge in [0.25, 0.3) is 0 Å². The molecule has 2 heterocycles. The van der Waals surface area contributed by atoms with Crippen molar-refractivity contribution in [1.29, 1.82) is 0 Å². The van der Waals surface area contributed by atoms with Crippen molar-refractivity contribution in [2.75, 3.05) is 7.05 Å². The molecule has 0 aliphatic heterocycles. The van der Waals surface area contributed by atoms with Gasteiger partial charge in [-0.15, -0.1) is 24.0 Å². The van der Waals surface area contributed by atoms with Gasteiger partial charge in [0.2, 0.25) is 0 Å². The number of pyridine rings is 1. The Morgan fingerprint density at radius 2 is 1.97 bits per heavy atom. The number of hydrogen-bond donors (Lipinski definition) is 2. The predicted molar refractivity (Wildman–Crippen MR) is 135 cm³/mol. The molecule has 31 heavy (non-hydrogen) atoms. The van der Waals surface area contributed by atoms with Crippen LogP contribution in [-0.2, 0) is 13.1 Å². The minimum absolute atomic E-state index is 0. The van der Waals surface area contributed by atoms with Gasteiger partial charge in [-0.3, -0.25) is 4.99 Å². The van der Waals surface area contributed by atoms with E-state index >= 15 is 0 Å². The third kappa shape index (κ3) is 7.23. The van der Waals surface area contributed by atoms with Gasteiger partial charge in [-0.2, -0.15) is 5.10 Å². The Balaban J connectivity index is 0.00000341. The summed E-state index contributed by atoms with van der Waals surface area (Å²) >= 11 is 0. The molecule has 8 heteroatoms. The third-order valence-electron chi connectivity index (χ3n) is 4.80. The Kier molecular flexibility index (Phi) is 9.77. The van der Waals surface area contributed by atoms with Gasteiger partial charge in [-0.1, -0.05) is 19.1 Å². The molecule has 1 aromatic carbocycles. The van der Waals surface area contributed by atoms with Gasteiger partial charge in [0.1, 0.15) is 5.75 Å². The highest BCUT2D eigenvalue weighted by molar-refractivity contribution is 14.0. The standard InChI is InChI=1S/C23H30N6O.HI/c1-5-18(3)30-21-13-17(2)7-8-20(21)16-27-23(24-4)26-15-19-9-11-25-22(14-19)29-12-6-10-28-29;/h6-14,18H,5,15-16H2,1-4H3,(H2,24,26,27);1H. The number of aryl methyl sites for hydroxylation is 1. The van der Waals surface area contributed by atoms with Crippen LogP contribution in [0.3, 0.4) is 0 Å². The molecular weight excluding hydrogens is 503 g/mol. The van der Waals surface area contributed by atoms with Crippen molar-refractivity contribution in [2.24, 2.45) is 4.99 Å². The molecule has 2 N–H and O–H groups in total. The van der Waals surface area contributed by atoms with Crippen LogP contribution in [0.25, 0.3) is 5.82 Å². The SMILES string of the molecule is CCC(C)Oc1cc(C)ccc1CNC(=NC)NCc1ccnc(-n2cccn2)c1.I. The molecule has 1 atom stereocenters. The van der Waals surface area contributed by atoms with Crippen molar-refractivity contribution in [3.05, 3.63) is 71.7 Å². The zero-order valence-electron chi connectivity index (χ0n) is 18.5. The number of benzene rings is 1. The fourth-order valence-electron chi connectivity index (χ4n) is 2.90. The zero-order chi connectivity index (χ0) is 21.3. The number of nitrogens with one attached hydrogen (secondary N) is 2. The van der Waals surface area contributed by atoms with Crippen LogP contribution < -0.4 is 15.4 Å². The van der Waals surface area contributed by atoms with Gasteiger partial charge in [0.15, 0.2) is 11.8 Å². The maximum Gasteiger partial charge on any atom is 0.191 e. The van der Waals surface area contributed by atoms with Crippen LogP contribution in [0.1, 0.15) is 37.0 Å². The lowest BCUT2D eigenvalue weighted by Gasteiger charge is -2.18. The first kappa shape index (κ1) is 24.6. The van der Waals surface area contributed by atoms with Crippen LogP contribution in [0, 0.1) is 6.92 Å². The Morgan fingerprint density at radius 3 is 2.68 bits per heavy atom. The van der Waals surface area contributed by atoms with E-state index < -0.39 is 0 Å². The summed E-state index contributed by atoms with van der Waals surface area (Å²) in [6, 6.07) is 12.2. The molecule has 1 unspecified atom stereocenters. The molecule has 0 amide bonds. The van der Waals surface area contributed by atoms with Crippen LogP contribution in [-0.4, -0.2) is 33.9 Å². The fraction of sp³-hybridized carbons (Fsp3) is 0.348. The molecule has 3 rings (SSSR count). The minimum atomic E-state index is 0. The monoisotopic (exact) mass is 534 g/mol. The van der Waals surface area contributed by atoms with E-state index in [1.165, 1.54) is 5.56 Å². The van der Waals surface area contributed by atoms with Gasteiger partial charge < -0.3 is 15.4 Å². The molecule has 0 aliphatic carbocycles. The smallest absolute Gasteiger partial charge is 0.191 e. The number of aliphatic imine (C=N–C) groups is 1. The summed E-state index contributed by atoms with van der Waals surface area (Å²) in [4.78, 5) is 8.70. The van der Waals surface area contributed by atoms with Crippen LogP contribution in [0.2, 0.25) is 0 Å². The van der Waals surface area contributed by atoms with Gasteiger partial charge in [0, 0.05) is 44.3 Å². The second kappa shape index (κ2) is 12.3. The average molecular weight is 534 g/mol. The van der Waals surface area contributed by atoms with E-state index in [4.69, 9.17) is 4.74 Å². The summed E-state index contributed by atoms with van der Waals surface area (Å²) in [7, 11) is 1.77. The summed E-state index contributed by atoms with van der Waals surface area (Å²) in [5.41, 5.74) is 3.38. The first-order valence-corrected chi connectivity index (χ1v) is 10.2. The van der Waals surface area contributed by atoms with Gasteiger partial charge >= 0.3 is 0 Å². The maximum atomic E-state index is 6.10. The van der Waals surface area contributed by atoms with E-state index in [0.717, 1.165) is 35.1 Å². The van der Waals surface area contributed by atoms with Crippen molar-refractivity contribution >= 4 is 29.9 Å². The molecule has 0 fully saturated rings. The van der Waals surface area contributed by atoms with E-state index in [1.807, 2.05) is 24.4 Å². The van der Waals surface area contributed by atoms with Crippen molar-refractivity contribution in [1.82, 2.24) is 25.4 Å². The summed E-state index contributed by atoms with van der Waals surface area (Å²) in [5, 5.41) is 11.0. The summed E-state index contributed by atoms with van der Waals surface area (Å²) in [6.07, 6.45) is 6.55. The van der Waals surface area contributed by atoms with Crippen LogP contribution in [0.5, 0.6) is 5.75 Å². The highest BCUT2D eigenvalue weighted by Gasteiger charge is 2.09. The van der Waals surface area contributed by atoms with Crippen molar-refractivity contribution in [3.8, 4) is 11.6 Å².